The van der Waals surface area contributed by atoms with Crippen LogP contribution < -0.4 is 10.2 Å². The SMILES string of the molecule is CCOC(=O)/C(C)=N/Nc1c(OC)ccc2ccccc12. The minimum absolute atomic E-state index is 0.256. The molecule has 0 fully saturated rings. The molecule has 0 aliphatic rings. The zero-order chi connectivity index (χ0) is 15.2. The number of benzene rings is 2. The Morgan fingerprint density at radius 1 is 1.24 bits per heavy atom. The van der Waals surface area contributed by atoms with Crippen molar-refractivity contribution in [1.29, 1.82) is 0 Å². The lowest BCUT2D eigenvalue weighted by atomic mass is 10.1. The topological polar surface area (TPSA) is 59.9 Å². The Balaban J connectivity index is 2.36. The molecule has 5 nitrogen and oxygen atoms in total. The summed E-state index contributed by atoms with van der Waals surface area (Å²) >= 11 is 0. The van der Waals surface area contributed by atoms with E-state index in [1.54, 1.807) is 21.0 Å². The van der Waals surface area contributed by atoms with Crippen molar-refractivity contribution in [3.05, 3.63) is 36.4 Å². The van der Waals surface area contributed by atoms with Crippen molar-refractivity contribution in [2.75, 3.05) is 19.1 Å². The number of nitrogens with zero attached hydrogens (tertiary/aromatic N) is 1. The van der Waals surface area contributed by atoms with E-state index < -0.39 is 5.97 Å². The largest absolute Gasteiger partial charge is 0.494 e. The molecule has 0 atom stereocenters. The van der Waals surface area contributed by atoms with Gasteiger partial charge in [-0.25, -0.2) is 4.79 Å². The molecule has 0 saturated heterocycles. The molecule has 0 heterocycles. The first-order valence-corrected chi connectivity index (χ1v) is 6.70. The highest BCUT2D eigenvalue weighted by atomic mass is 16.5. The number of nitrogens with one attached hydrogen (secondary N) is 1. The molecule has 0 radical (unpaired) electrons. The van der Waals surface area contributed by atoms with Crippen LogP contribution in [0.4, 0.5) is 5.69 Å². The maximum absolute atomic E-state index is 11.6. The Labute approximate surface area is 123 Å². The number of hydrazone groups is 1. The molecule has 21 heavy (non-hydrogen) atoms. The van der Waals surface area contributed by atoms with E-state index in [1.807, 2.05) is 36.4 Å². The second kappa shape index (κ2) is 6.74. The first-order chi connectivity index (χ1) is 10.2. The number of carbonyl (C=O) groups is 1. The predicted molar refractivity (Wildman–Crippen MR) is 83.9 cm³/mol. The minimum atomic E-state index is -0.441. The van der Waals surface area contributed by atoms with Gasteiger partial charge in [-0.05, 0) is 25.3 Å². The smallest absolute Gasteiger partial charge is 0.354 e. The number of anilines is 1. The number of hydrogen-bond acceptors (Lipinski definition) is 5. The van der Waals surface area contributed by atoms with Crippen LogP contribution in [0.5, 0.6) is 5.75 Å². The summed E-state index contributed by atoms with van der Waals surface area (Å²) in [6.07, 6.45) is 0. The molecule has 1 N–H and O–H groups in total. The van der Waals surface area contributed by atoms with E-state index in [2.05, 4.69) is 10.5 Å². The Morgan fingerprint density at radius 2 is 2.00 bits per heavy atom. The molecule has 0 saturated carbocycles. The summed E-state index contributed by atoms with van der Waals surface area (Å²) in [5.41, 5.74) is 3.89. The van der Waals surface area contributed by atoms with Crippen molar-refractivity contribution >= 4 is 28.1 Å². The predicted octanol–water partition coefficient (Wildman–Crippen LogP) is 3.20. The van der Waals surface area contributed by atoms with Crippen LogP contribution >= 0.6 is 0 Å². The van der Waals surface area contributed by atoms with Crippen LogP contribution in [0.25, 0.3) is 10.8 Å². The third-order valence-corrected chi connectivity index (χ3v) is 3.02. The Bertz CT molecular complexity index is 680. The zero-order valence-corrected chi connectivity index (χ0v) is 12.3. The van der Waals surface area contributed by atoms with Gasteiger partial charge in [0.15, 0.2) is 0 Å². The van der Waals surface area contributed by atoms with Crippen molar-refractivity contribution in [3.63, 3.8) is 0 Å². The van der Waals surface area contributed by atoms with Crippen molar-refractivity contribution in [2.45, 2.75) is 13.8 Å². The van der Waals surface area contributed by atoms with E-state index in [-0.39, 0.29) is 5.71 Å². The number of carbonyl (C=O) groups excluding carboxylic acids is 1. The third-order valence-electron chi connectivity index (χ3n) is 3.02. The molecule has 0 aliphatic heterocycles. The van der Waals surface area contributed by atoms with Crippen molar-refractivity contribution in [3.8, 4) is 5.75 Å². The van der Waals surface area contributed by atoms with E-state index in [4.69, 9.17) is 9.47 Å². The fourth-order valence-corrected chi connectivity index (χ4v) is 1.96. The molecule has 0 bridgehead atoms. The molecule has 5 heteroatoms. The lowest BCUT2D eigenvalue weighted by molar-refractivity contribution is -0.135. The highest BCUT2D eigenvalue weighted by Crippen LogP contribution is 2.33. The molecule has 2 aromatic rings. The van der Waals surface area contributed by atoms with Gasteiger partial charge in [0.05, 0.1) is 13.7 Å². The zero-order valence-electron chi connectivity index (χ0n) is 12.3. The second-order valence-corrected chi connectivity index (χ2v) is 4.39. The number of ether oxygens (including phenoxy) is 2. The molecule has 2 rings (SSSR count). The average molecular weight is 286 g/mol. The Morgan fingerprint density at radius 3 is 2.71 bits per heavy atom. The van der Waals surface area contributed by atoms with E-state index >= 15 is 0 Å². The van der Waals surface area contributed by atoms with Gasteiger partial charge in [0.2, 0.25) is 0 Å². The summed E-state index contributed by atoms with van der Waals surface area (Å²) in [5.74, 6) is 0.221. The van der Waals surface area contributed by atoms with Crippen LogP contribution in [0, 0.1) is 0 Å². The maximum Gasteiger partial charge on any atom is 0.354 e. The van der Waals surface area contributed by atoms with Crippen molar-refractivity contribution in [1.82, 2.24) is 0 Å². The van der Waals surface area contributed by atoms with Crippen LogP contribution in [0.3, 0.4) is 0 Å². The second-order valence-electron chi connectivity index (χ2n) is 4.39. The lowest BCUT2D eigenvalue weighted by Crippen LogP contribution is -2.15. The highest BCUT2D eigenvalue weighted by molar-refractivity contribution is 6.35. The van der Waals surface area contributed by atoms with Crippen molar-refractivity contribution < 1.29 is 14.3 Å². The summed E-state index contributed by atoms with van der Waals surface area (Å²) in [6, 6.07) is 11.7. The van der Waals surface area contributed by atoms with Crippen LogP contribution in [0.15, 0.2) is 41.5 Å². The van der Waals surface area contributed by atoms with E-state index in [0.717, 1.165) is 16.5 Å². The minimum Gasteiger partial charge on any atom is -0.494 e. The van der Waals surface area contributed by atoms with E-state index in [9.17, 15) is 4.79 Å². The highest BCUT2D eigenvalue weighted by Gasteiger charge is 2.10. The number of rotatable bonds is 5. The van der Waals surface area contributed by atoms with Crippen molar-refractivity contribution in [2.24, 2.45) is 5.10 Å². The normalized spacial score (nSPS) is 11.3. The summed E-state index contributed by atoms with van der Waals surface area (Å²) in [6.45, 7) is 3.68. The molecular weight excluding hydrogens is 268 g/mol. The number of methoxy groups -OCH3 is 1. The van der Waals surface area contributed by atoms with Crippen LogP contribution in [-0.4, -0.2) is 25.4 Å². The molecule has 0 aliphatic carbocycles. The Hall–Kier alpha value is -2.56. The third kappa shape index (κ3) is 3.31. The molecule has 0 spiro atoms. The Kier molecular flexibility index (Phi) is 4.77. The summed E-state index contributed by atoms with van der Waals surface area (Å²) in [4.78, 5) is 11.6. The molecule has 110 valence electrons. The molecule has 2 aromatic carbocycles. The van der Waals surface area contributed by atoms with Crippen LogP contribution in [-0.2, 0) is 9.53 Å². The standard InChI is InChI=1S/C16H18N2O3/c1-4-21-16(19)11(2)17-18-15-13-8-6-5-7-12(13)9-10-14(15)20-3/h5-10,18H,4H2,1-3H3/b17-11+. The van der Waals surface area contributed by atoms with Gasteiger partial charge in [0.25, 0.3) is 0 Å². The van der Waals surface area contributed by atoms with E-state index in [0.29, 0.717) is 12.4 Å². The molecular formula is C16H18N2O3. The van der Waals surface area contributed by atoms with Crippen LogP contribution in [0.1, 0.15) is 13.8 Å². The average Bonchev–Trinajstić information content (AvgIpc) is 2.52. The van der Waals surface area contributed by atoms with Crippen LogP contribution in [0.2, 0.25) is 0 Å². The lowest BCUT2D eigenvalue weighted by Gasteiger charge is -2.11. The molecule has 0 unspecified atom stereocenters. The number of fused-ring (bicyclic) bond motifs is 1. The first kappa shape index (κ1) is 14.8. The fraction of sp³-hybridized carbons (Fsp3) is 0.250. The van der Waals surface area contributed by atoms with Gasteiger partial charge in [-0.15, -0.1) is 0 Å². The summed E-state index contributed by atoms with van der Waals surface area (Å²) in [5, 5.41) is 6.11. The summed E-state index contributed by atoms with van der Waals surface area (Å²) < 4.78 is 10.2. The van der Waals surface area contributed by atoms with Gasteiger partial charge in [-0.2, -0.15) is 5.10 Å². The quantitative estimate of drug-likeness (QED) is 0.521. The summed E-state index contributed by atoms with van der Waals surface area (Å²) in [7, 11) is 1.59. The maximum atomic E-state index is 11.6. The number of esters is 1. The van der Waals surface area contributed by atoms with Gasteiger partial charge in [0, 0.05) is 5.39 Å². The number of hydrogen-bond donors (Lipinski definition) is 1. The monoisotopic (exact) mass is 286 g/mol. The van der Waals surface area contributed by atoms with E-state index in [1.165, 1.54) is 0 Å². The van der Waals surface area contributed by atoms with Gasteiger partial charge in [-0.1, -0.05) is 30.3 Å². The molecule has 0 amide bonds. The molecule has 0 aromatic heterocycles. The first-order valence-electron chi connectivity index (χ1n) is 6.70. The van der Waals surface area contributed by atoms with Gasteiger partial charge < -0.3 is 9.47 Å². The van der Waals surface area contributed by atoms with Gasteiger partial charge >= 0.3 is 5.97 Å². The van der Waals surface area contributed by atoms with Gasteiger partial charge in [-0.3, -0.25) is 5.43 Å². The van der Waals surface area contributed by atoms with Gasteiger partial charge in [0.1, 0.15) is 17.1 Å². The fourth-order valence-electron chi connectivity index (χ4n) is 1.96.